The van der Waals surface area contributed by atoms with Crippen LogP contribution in [0.1, 0.15) is 30.6 Å². The molecule has 0 aliphatic carbocycles. The fourth-order valence-corrected chi connectivity index (χ4v) is 2.52. The molecule has 0 unspecified atom stereocenters. The summed E-state index contributed by atoms with van der Waals surface area (Å²) in [4.78, 5) is 51.8. The summed E-state index contributed by atoms with van der Waals surface area (Å²) in [5.41, 5.74) is -0.887. The molecule has 0 radical (unpaired) electrons. The Labute approximate surface area is 142 Å². The van der Waals surface area contributed by atoms with Crippen LogP contribution in [0.5, 0.6) is 0 Å². The van der Waals surface area contributed by atoms with E-state index >= 15 is 0 Å². The lowest BCUT2D eigenvalue weighted by molar-refractivity contribution is -0.139. The number of aliphatic carboxylic acids is 1. The Morgan fingerprint density at radius 1 is 1.24 bits per heavy atom. The average molecular weight is 348 g/mol. The van der Waals surface area contributed by atoms with Gasteiger partial charge in [-0.2, -0.15) is 0 Å². The number of carbonyl (C=O) groups excluding carboxylic acids is 1. The summed E-state index contributed by atoms with van der Waals surface area (Å²) in [7, 11) is 2.81. The van der Waals surface area contributed by atoms with Crippen LogP contribution in [0.4, 0.5) is 0 Å². The topological polar surface area (TPSA) is 123 Å². The third-order valence-electron chi connectivity index (χ3n) is 3.87. The first kappa shape index (κ1) is 18.4. The summed E-state index contributed by atoms with van der Waals surface area (Å²) >= 11 is 0. The zero-order valence-corrected chi connectivity index (χ0v) is 14.4. The van der Waals surface area contributed by atoms with Crippen molar-refractivity contribution in [3.8, 4) is 0 Å². The summed E-state index contributed by atoms with van der Waals surface area (Å²) in [5.74, 6) is -1.69. The van der Waals surface area contributed by atoms with E-state index in [0.29, 0.717) is 0 Å². The second-order valence-electron chi connectivity index (χ2n) is 6.29. The average Bonchev–Trinajstić information content (AvgIpc) is 2.56. The molecule has 0 aliphatic rings. The molecule has 2 rings (SSSR count). The summed E-state index contributed by atoms with van der Waals surface area (Å²) in [6, 6.07) is 0.277. The minimum atomic E-state index is -1.13. The fourth-order valence-electron chi connectivity index (χ4n) is 2.52. The van der Waals surface area contributed by atoms with E-state index in [9.17, 15) is 24.3 Å². The Morgan fingerprint density at radius 3 is 2.44 bits per heavy atom. The van der Waals surface area contributed by atoms with Crippen LogP contribution in [0.2, 0.25) is 0 Å². The van der Waals surface area contributed by atoms with Gasteiger partial charge in [0.15, 0.2) is 0 Å². The first-order valence-corrected chi connectivity index (χ1v) is 7.73. The molecule has 25 heavy (non-hydrogen) atoms. The van der Waals surface area contributed by atoms with Crippen molar-refractivity contribution in [3.63, 3.8) is 0 Å². The molecule has 2 N–H and O–H groups in total. The van der Waals surface area contributed by atoms with E-state index in [1.807, 2.05) is 13.8 Å². The van der Waals surface area contributed by atoms with Crippen LogP contribution in [-0.2, 0) is 18.9 Å². The van der Waals surface area contributed by atoms with Crippen LogP contribution in [0.15, 0.2) is 21.9 Å². The maximum Gasteiger partial charge on any atom is 0.332 e. The molecule has 0 aromatic carbocycles. The van der Waals surface area contributed by atoms with Crippen molar-refractivity contribution in [2.24, 2.45) is 20.0 Å². The summed E-state index contributed by atoms with van der Waals surface area (Å²) in [6.45, 7) is 3.70. The molecule has 1 amide bonds. The maximum absolute atomic E-state index is 12.3. The highest BCUT2D eigenvalue weighted by Gasteiger charge is 2.22. The molecular weight excluding hydrogens is 328 g/mol. The van der Waals surface area contributed by atoms with E-state index in [1.165, 1.54) is 30.9 Å². The smallest absolute Gasteiger partial charge is 0.332 e. The molecule has 134 valence electrons. The Hall–Kier alpha value is -2.97. The third kappa shape index (κ3) is 3.59. The van der Waals surface area contributed by atoms with Gasteiger partial charge in [-0.3, -0.25) is 18.7 Å². The zero-order valence-electron chi connectivity index (χ0n) is 14.4. The number of hydrogen-bond donors (Lipinski definition) is 2. The SMILES string of the molecule is CC(C)C[C@@H](NC(=O)c1cnc2c(c1)c(=O)n(C)c(=O)n2C)C(=O)O. The maximum atomic E-state index is 12.3. The lowest BCUT2D eigenvalue weighted by atomic mass is 10.0. The van der Waals surface area contributed by atoms with E-state index in [-0.39, 0.29) is 28.9 Å². The van der Waals surface area contributed by atoms with Crippen LogP contribution in [0.3, 0.4) is 0 Å². The van der Waals surface area contributed by atoms with Crippen molar-refractivity contribution in [1.82, 2.24) is 19.4 Å². The standard InChI is InChI=1S/C16H20N4O5/c1-8(2)5-11(15(23)24)18-13(21)9-6-10-12(17-7-9)19(3)16(25)20(4)14(10)22/h6-8,11H,5H2,1-4H3,(H,18,21)(H,23,24)/t11-/m1/s1. The first-order valence-electron chi connectivity index (χ1n) is 7.73. The zero-order chi connectivity index (χ0) is 18.9. The number of pyridine rings is 1. The van der Waals surface area contributed by atoms with Crippen molar-refractivity contribution < 1.29 is 14.7 Å². The monoisotopic (exact) mass is 348 g/mol. The van der Waals surface area contributed by atoms with Crippen LogP contribution in [-0.4, -0.2) is 37.1 Å². The van der Waals surface area contributed by atoms with Gasteiger partial charge in [-0.25, -0.2) is 14.6 Å². The quantitative estimate of drug-likeness (QED) is 0.775. The normalized spacial score (nSPS) is 12.4. The number of carbonyl (C=O) groups is 2. The molecule has 1 atom stereocenters. The second-order valence-corrected chi connectivity index (χ2v) is 6.29. The second kappa shape index (κ2) is 6.88. The molecule has 0 saturated heterocycles. The molecule has 9 heteroatoms. The minimum Gasteiger partial charge on any atom is -0.480 e. The van der Waals surface area contributed by atoms with Crippen molar-refractivity contribution in [2.75, 3.05) is 0 Å². The molecule has 0 saturated carbocycles. The minimum absolute atomic E-state index is 0.0539. The molecule has 0 fully saturated rings. The van der Waals surface area contributed by atoms with E-state index in [1.54, 1.807) is 0 Å². The predicted octanol–water partition coefficient (Wildman–Crippen LogP) is -0.139. The number of rotatable bonds is 5. The molecule has 9 nitrogen and oxygen atoms in total. The molecule has 2 heterocycles. The Balaban J connectivity index is 2.45. The lowest BCUT2D eigenvalue weighted by Gasteiger charge is -2.16. The van der Waals surface area contributed by atoms with Gasteiger partial charge < -0.3 is 10.4 Å². The van der Waals surface area contributed by atoms with Crippen LogP contribution in [0, 0.1) is 5.92 Å². The summed E-state index contributed by atoms with van der Waals surface area (Å²) in [6.07, 6.45) is 1.49. The fraction of sp³-hybridized carbons (Fsp3) is 0.438. The number of nitrogens with one attached hydrogen (secondary N) is 1. The van der Waals surface area contributed by atoms with Gasteiger partial charge in [-0.15, -0.1) is 0 Å². The van der Waals surface area contributed by atoms with E-state index < -0.39 is 29.2 Å². The largest absolute Gasteiger partial charge is 0.480 e. The van der Waals surface area contributed by atoms with Gasteiger partial charge in [0.2, 0.25) is 0 Å². The molecule has 0 aliphatic heterocycles. The number of carboxylic acids is 1. The number of hydrogen-bond acceptors (Lipinski definition) is 5. The molecule has 2 aromatic heterocycles. The van der Waals surface area contributed by atoms with Gasteiger partial charge in [-0.05, 0) is 18.4 Å². The summed E-state index contributed by atoms with van der Waals surface area (Å²) < 4.78 is 2.13. The first-order chi connectivity index (χ1) is 11.6. The van der Waals surface area contributed by atoms with Crippen LogP contribution >= 0.6 is 0 Å². The molecule has 0 bridgehead atoms. The van der Waals surface area contributed by atoms with Crippen molar-refractivity contribution >= 4 is 22.9 Å². The summed E-state index contributed by atoms with van der Waals surface area (Å²) in [5, 5.41) is 11.8. The number of amides is 1. The lowest BCUT2D eigenvalue weighted by Crippen LogP contribution is -2.42. The number of carboxylic acid groups (broad SMARTS) is 1. The highest BCUT2D eigenvalue weighted by atomic mass is 16.4. The van der Waals surface area contributed by atoms with Crippen LogP contribution in [0.25, 0.3) is 11.0 Å². The van der Waals surface area contributed by atoms with E-state index in [0.717, 1.165) is 4.57 Å². The highest BCUT2D eigenvalue weighted by Crippen LogP contribution is 2.10. The van der Waals surface area contributed by atoms with Gasteiger partial charge in [-0.1, -0.05) is 13.8 Å². The Bertz CT molecular complexity index is 957. The molecule has 0 spiro atoms. The molecular formula is C16H20N4O5. The van der Waals surface area contributed by atoms with Crippen molar-refractivity contribution in [1.29, 1.82) is 0 Å². The number of aromatic nitrogens is 3. The predicted molar refractivity (Wildman–Crippen MR) is 90.6 cm³/mol. The molecule has 2 aromatic rings. The van der Waals surface area contributed by atoms with Gasteiger partial charge in [0.1, 0.15) is 11.7 Å². The number of nitrogens with zero attached hydrogens (tertiary/aromatic N) is 3. The van der Waals surface area contributed by atoms with Gasteiger partial charge in [0, 0.05) is 20.3 Å². The Kier molecular flexibility index (Phi) is 5.05. The number of aryl methyl sites for hydroxylation is 1. The van der Waals surface area contributed by atoms with Gasteiger partial charge in [0.25, 0.3) is 11.5 Å². The van der Waals surface area contributed by atoms with E-state index in [2.05, 4.69) is 10.3 Å². The number of fused-ring (bicyclic) bond motifs is 1. The van der Waals surface area contributed by atoms with Crippen molar-refractivity contribution in [3.05, 3.63) is 38.7 Å². The van der Waals surface area contributed by atoms with Crippen molar-refractivity contribution in [2.45, 2.75) is 26.3 Å². The Morgan fingerprint density at radius 2 is 1.88 bits per heavy atom. The van der Waals surface area contributed by atoms with Gasteiger partial charge >= 0.3 is 11.7 Å². The van der Waals surface area contributed by atoms with Crippen LogP contribution < -0.4 is 16.6 Å². The highest BCUT2D eigenvalue weighted by molar-refractivity contribution is 5.98. The van der Waals surface area contributed by atoms with E-state index in [4.69, 9.17) is 0 Å². The van der Waals surface area contributed by atoms with Gasteiger partial charge in [0.05, 0.1) is 10.9 Å². The third-order valence-corrected chi connectivity index (χ3v) is 3.87.